The van der Waals surface area contributed by atoms with Crippen LogP contribution in [0.2, 0.25) is 0 Å². The number of hydrogen-bond donors (Lipinski definition) is 1. The molecule has 0 saturated heterocycles. The highest BCUT2D eigenvalue weighted by molar-refractivity contribution is 5.43. The number of quaternary nitrogens is 1. The first kappa shape index (κ1) is 19.8. The maximum Gasteiger partial charge on any atom is 0.194 e. The predicted octanol–water partition coefficient (Wildman–Crippen LogP) is 2.42. The molecule has 3 rings (SSSR count). The first-order valence-corrected chi connectivity index (χ1v) is 9.34. The molecule has 0 fully saturated rings. The van der Waals surface area contributed by atoms with Crippen LogP contribution in [0.5, 0.6) is 11.5 Å². The highest BCUT2D eigenvalue weighted by atomic mass is 16.5. The fourth-order valence-electron chi connectivity index (χ4n) is 2.71. The summed E-state index contributed by atoms with van der Waals surface area (Å²) in [6.07, 6.45) is 0. The van der Waals surface area contributed by atoms with Crippen molar-refractivity contribution in [1.29, 1.82) is 0 Å². The van der Waals surface area contributed by atoms with Crippen molar-refractivity contribution in [3.63, 3.8) is 0 Å². The minimum absolute atomic E-state index is 0.176. The zero-order chi connectivity index (χ0) is 20.1. The SMILES string of the molecule is COc1cc(C[NH2+]C(C)(C)C)ccc1OCc1nnnn1-c1ccc(C)cc1. The molecule has 2 aromatic carbocycles. The van der Waals surface area contributed by atoms with Crippen molar-refractivity contribution in [2.24, 2.45) is 0 Å². The molecule has 0 atom stereocenters. The van der Waals surface area contributed by atoms with Crippen molar-refractivity contribution in [1.82, 2.24) is 20.2 Å². The lowest BCUT2D eigenvalue weighted by Gasteiger charge is -2.17. The zero-order valence-electron chi connectivity index (χ0n) is 17.1. The van der Waals surface area contributed by atoms with Gasteiger partial charge < -0.3 is 14.8 Å². The van der Waals surface area contributed by atoms with Crippen LogP contribution < -0.4 is 14.8 Å². The largest absolute Gasteiger partial charge is 0.493 e. The molecule has 2 N–H and O–H groups in total. The molecule has 1 heterocycles. The van der Waals surface area contributed by atoms with Gasteiger partial charge in [-0.3, -0.25) is 0 Å². The van der Waals surface area contributed by atoms with Crippen molar-refractivity contribution in [3.05, 3.63) is 59.4 Å². The van der Waals surface area contributed by atoms with E-state index in [9.17, 15) is 0 Å². The molecule has 0 radical (unpaired) electrons. The van der Waals surface area contributed by atoms with Crippen molar-refractivity contribution in [2.45, 2.75) is 46.4 Å². The highest BCUT2D eigenvalue weighted by Crippen LogP contribution is 2.28. The fraction of sp³-hybridized carbons (Fsp3) is 0.381. The summed E-state index contributed by atoms with van der Waals surface area (Å²) in [7, 11) is 1.65. The monoisotopic (exact) mass is 382 g/mol. The molecule has 0 saturated carbocycles. The Hall–Kier alpha value is -2.93. The Labute approximate surface area is 165 Å². The lowest BCUT2D eigenvalue weighted by molar-refractivity contribution is -0.731. The summed E-state index contributed by atoms with van der Waals surface area (Å²) in [6, 6.07) is 14.0. The van der Waals surface area contributed by atoms with E-state index in [1.54, 1.807) is 11.8 Å². The average Bonchev–Trinajstić information content (AvgIpc) is 3.13. The van der Waals surface area contributed by atoms with E-state index in [4.69, 9.17) is 9.47 Å². The van der Waals surface area contributed by atoms with Crippen LogP contribution in [0.25, 0.3) is 5.69 Å². The van der Waals surface area contributed by atoms with E-state index in [1.807, 2.05) is 43.3 Å². The van der Waals surface area contributed by atoms with Crippen LogP contribution in [-0.4, -0.2) is 32.9 Å². The smallest absolute Gasteiger partial charge is 0.194 e. The zero-order valence-corrected chi connectivity index (χ0v) is 17.1. The number of hydrogen-bond acceptors (Lipinski definition) is 5. The molecule has 0 bridgehead atoms. The summed E-state index contributed by atoms with van der Waals surface area (Å²) in [4.78, 5) is 0. The van der Waals surface area contributed by atoms with Crippen LogP contribution >= 0.6 is 0 Å². The maximum absolute atomic E-state index is 5.96. The number of aromatic nitrogens is 4. The summed E-state index contributed by atoms with van der Waals surface area (Å²) in [6.45, 7) is 9.75. The van der Waals surface area contributed by atoms with Crippen LogP contribution in [0, 0.1) is 6.92 Å². The Balaban J connectivity index is 1.71. The molecule has 0 amide bonds. The second-order valence-electron chi connectivity index (χ2n) is 7.89. The molecule has 3 aromatic rings. The van der Waals surface area contributed by atoms with Crippen molar-refractivity contribution in [3.8, 4) is 17.2 Å². The van der Waals surface area contributed by atoms with Crippen molar-refractivity contribution < 1.29 is 14.8 Å². The van der Waals surface area contributed by atoms with Gasteiger partial charge in [0.15, 0.2) is 23.9 Å². The van der Waals surface area contributed by atoms with Crippen LogP contribution in [0.1, 0.15) is 37.7 Å². The van der Waals surface area contributed by atoms with Crippen LogP contribution in [0.15, 0.2) is 42.5 Å². The Morgan fingerprint density at radius 3 is 2.46 bits per heavy atom. The van der Waals surface area contributed by atoms with E-state index in [1.165, 1.54) is 11.1 Å². The first-order chi connectivity index (χ1) is 13.4. The van der Waals surface area contributed by atoms with Gasteiger partial charge in [-0.25, -0.2) is 0 Å². The molecule has 0 unspecified atom stereocenters. The Morgan fingerprint density at radius 1 is 1.04 bits per heavy atom. The Kier molecular flexibility index (Phi) is 5.94. The van der Waals surface area contributed by atoms with E-state index in [2.05, 4.69) is 47.7 Å². The number of nitrogens with two attached hydrogens (primary N) is 1. The van der Waals surface area contributed by atoms with E-state index in [0.717, 1.165) is 12.2 Å². The van der Waals surface area contributed by atoms with E-state index in [-0.39, 0.29) is 12.1 Å². The highest BCUT2D eigenvalue weighted by Gasteiger charge is 2.15. The van der Waals surface area contributed by atoms with E-state index in [0.29, 0.717) is 17.3 Å². The predicted molar refractivity (Wildman–Crippen MR) is 107 cm³/mol. The third kappa shape index (κ3) is 5.07. The molecule has 1 aromatic heterocycles. The number of rotatable bonds is 7. The molecule has 148 valence electrons. The maximum atomic E-state index is 5.96. The van der Waals surface area contributed by atoms with Gasteiger partial charge in [-0.05, 0) is 68.5 Å². The second kappa shape index (κ2) is 8.39. The number of benzene rings is 2. The topological polar surface area (TPSA) is 78.7 Å². The van der Waals surface area contributed by atoms with E-state index >= 15 is 0 Å². The molecule has 7 nitrogen and oxygen atoms in total. The van der Waals surface area contributed by atoms with E-state index < -0.39 is 0 Å². The van der Waals surface area contributed by atoms with Gasteiger partial charge in [0.2, 0.25) is 0 Å². The molecule has 7 heteroatoms. The van der Waals surface area contributed by atoms with Gasteiger partial charge in [0, 0.05) is 5.56 Å². The molecular formula is C21H28N5O2+. The van der Waals surface area contributed by atoms with Gasteiger partial charge in [0.1, 0.15) is 6.54 Å². The summed E-state index contributed by atoms with van der Waals surface area (Å²) < 4.78 is 13.2. The van der Waals surface area contributed by atoms with Crippen molar-refractivity contribution >= 4 is 0 Å². The van der Waals surface area contributed by atoms with Crippen LogP contribution in [0.4, 0.5) is 0 Å². The molecular weight excluding hydrogens is 354 g/mol. The molecule has 0 spiro atoms. The summed E-state index contributed by atoms with van der Waals surface area (Å²) in [5.41, 5.74) is 3.44. The minimum atomic E-state index is 0.176. The number of nitrogens with zero attached hydrogens (tertiary/aromatic N) is 4. The lowest BCUT2D eigenvalue weighted by Crippen LogP contribution is -2.92. The van der Waals surface area contributed by atoms with Gasteiger partial charge in [-0.15, -0.1) is 5.10 Å². The minimum Gasteiger partial charge on any atom is -0.493 e. The van der Waals surface area contributed by atoms with Gasteiger partial charge in [-0.1, -0.05) is 17.7 Å². The molecule has 0 aliphatic rings. The number of tetrazole rings is 1. The molecule has 28 heavy (non-hydrogen) atoms. The molecule has 0 aliphatic heterocycles. The Morgan fingerprint density at radius 2 is 1.79 bits per heavy atom. The third-order valence-corrected chi connectivity index (χ3v) is 4.35. The summed E-state index contributed by atoms with van der Waals surface area (Å²) in [5.74, 6) is 1.99. The van der Waals surface area contributed by atoms with Crippen LogP contribution in [0.3, 0.4) is 0 Å². The third-order valence-electron chi connectivity index (χ3n) is 4.35. The second-order valence-corrected chi connectivity index (χ2v) is 7.89. The number of methoxy groups -OCH3 is 1. The lowest BCUT2D eigenvalue weighted by atomic mass is 10.1. The van der Waals surface area contributed by atoms with Gasteiger partial charge >= 0.3 is 0 Å². The quantitative estimate of drug-likeness (QED) is 0.679. The van der Waals surface area contributed by atoms with Gasteiger partial charge in [-0.2, -0.15) is 4.68 Å². The van der Waals surface area contributed by atoms with Gasteiger partial charge in [0.05, 0.1) is 18.3 Å². The number of aryl methyl sites for hydroxylation is 1. The van der Waals surface area contributed by atoms with Crippen molar-refractivity contribution in [2.75, 3.05) is 7.11 Å². The molecule has 0 aliphatic carbocycles. The van der Waals surface area contributed by atoms with Gasteiger partial charge in [0.25, 0.3) is 0 Å². The normalized spacial score (nSPS) is 11.5. The standard InChI is InChI=1S/C21H27N5O2/c1-15-6-9-17(10-7-15)26-20(23-24-25-26)14-28-18-11-8-16(12-19(18)27-5)13-22-21(2,3)4/h6-12,22H,13-14H2,1-5H3/p+1. The average molecular weight is 382 g/mol. The number of ether oxygens (including phenoxy) is 2. The Bertz CT molecular complexity index is 913. The van der Waals surface area contributed by atoms with Crippen LogP contribution in [-0.2, 0) is 13.2 Å². The summed E-state index contributed by atoms with van der Waals surface area (Å²) in [5, 5.41) is 14.2. The fourth-order valence-corrected chi connectivity index (χ4v) is 2.71. The first-order valence-electron chi connectivity index (χ1n) is 9.34. The summed E-state index contributed by atoms with van der Waals surface area (Å²) >= 11 is 0.